The number of anilines is 2. The first-order valence-electron chi connectivity index (χ1n) is 10.3. The second-order valence-electron chi connectivity index (χ2n) is 7.58. The maximum Gasteiger partial charge on any atom is 0.296 e. The number of nitrogens with zero attached hydrogens (tertiary/aromatic N) is 3. The Balaban J connectivity index is 1.27. The van der Waals surface area contributed by atoms with Crippen molar-refractivity contribution in [2.24, 2.45) is 0 Å². The molecule has 0 atom stereocenters. The second kappa shape index (κ2) is 8.02. The number of aromatic amines is 1. The number of hydrogen-bond acceptors (Lipinski definition) is 5. The van der Waals surface area contributed by atoms with Gasteiger partial charge in [0.1, 0.15) is 0 Å². The Bertz CT molecular complexity index is 1240. The van der Waals surface area contributed by atoms with Crippen molar-refractivity contribution in [1.29, 1.82) is 0 Å². The van der Waals surface area contributed by atoms with Crippen LogP contribution in [0.4, 0.5) is 11.5 Å². The maximum absolute atomic E-state index is 12.6. The molecule has 5 rings (SSSR count). The maximum atomic E-state index is 12.6. The monoisotopic (exact) mass is 411 g/mol. The zero-order chi connectivity index (χ0) is 21.2. The van der Waals surface area contributed by atoms with Gasteiger partial charge in [-0.3, -0.25) is 9.59 Å². The highest BCUT2D eigenvalue weighted by Gasteiger charge is 2.20. The summed E-state index contributed by atoms with van der Waals surface area (Å²) in [6.07, 6.45) is 3.96. The SMILES string of the molecule is O=C(Nc1ccc(-c2ccc(N3CCCC3)nn2)cc1)C(=O)c1c[nH]c2ccccc12. The summed E-state index contributed by atoms with van der Waals surface area (Å²) in [7, 11) is 0. The third kappa shape index (κ3) is 3.77. The summed E-state index contributed by atoms with van der Waals surface area (Å²) < 4.78 is 0. The molecule has 0 aliphatic carbocycles. The van der Waals surface area contributed by atoms with E-state index in [0.717, 1.165) is 41.1 Å². The van der Waals surface area contributed by atoms with Gasteiger partial charge in [-0.05, 0) is 43.2 Å². The molecule has 0 saturated carbocycles. The predicted octanol–water partition coefficient (Wildman–Crippen LogP) is 4.05. The van der Waals surface area contributed by atoms with Gasteiger partial charge in [0.2, 0.25) is 0 Å². The van der Waals surface area contributed by atoms with Gasteiger partial charge in [-0.15, -0.1) is 10.2 Å². The molecule has 1 aliphatic rings. The highest BCUT2D eigenvalue weighted by atomic mass is 16.2. The molecule has 0 unspecified atom stereocenters. The molecule has 154 valence electrons. The van der Waals surface area contributed by atoms with Gasteiger partial charge in [0.15, 0.2) is 5.82 Å². The number of carbonyl (C=O) groups is 2. The van der Waals surface area contributed by atoms with E-state index >= 15 is 0 Å². The Morgan fingerprint density at radius 3 is 2.42 bits per heavy atom. The minimum Gasteiger partial charge on any atom is -0.360 e. The van der Waals surface area contributed by atoms with Gasteiger partial charge >= 0.3 is 0 Å². The van der Waals surface area contributed by atoms with E-state index in [-0.39, 0.29) is 0 Å². The average molecular weight is 411 g/mol. The third-order valence-corrected chi connectivity index (χ3v) is 5.56. The summed E-state index contributed by atoms with van der Waals surface area (Å²) >= 11 is 0. The Morgan fingerprint density at radius 2 is 1.68 bits per heavy atom. The molecule has 7 heteroatoms. The fraction of sp³-hybridized carbons (Fsp3) is 0.167. The quantitative estimate of drug-likeness (QED) is 0.382. The van der Waals surface area contributed by atoms with Crippen LogP contribution in [0.15, 0.2) is 66.9 Å². The van der Waals surface area contributed by atoms with E-state index in [9.17, 15) is 9.59 Å². The number of benzene rings is 2. The van der Waals surface area contributed by atoms with E-state index in [1.807, 2.05) is 48.5 Å². The summed E-state index contributed by atoms with van der Waals surface area (Å²) in [4.78, 5) is 30.3. The first kappa shape index (κ1) is 19.0. The second-order valence-corrected chi connectivity index (χ2v) is 7.58. The zero-order valence-corrected chi connectivity index (χ0v) is 16.8. The lowest BCUT2D eigenvalue weighted by molar-refractivity contribution is -0.112. The number of ketones is 1. The van der Waals surface area contributed by atoms with Crippen LogP contribution in [0.2, 0.25) is 0 Å². The van der Waals surface area contributed by atoms with E-state index in [1.165, 1.54) is 12.8 Å². The van der Waals surface area contributed by atoms with Crippen LogP contribution in [0.1, 0.15) is 23.2 Å². The van der Waals surface area contributed by atoms with Crippen molar-refractivity contribution >= 4 is 34.1 Å². The summed E-state index contributed by atoms with van der Waals surface area (Å²) in [6, 6.07) is 18.6. The Hall–Kier alpha value is -4.00. The van der Waals surface area contributed by atoms with Crippen LogP contribution in [0.5, 0.6) is 0 Å². The molecule has 3 heterocycles. The van der Waals surface area contributed by atoms with Crippen molar-refractivity contribution in [3.8, 4) is 11.3 Å². The normalized spacial score (nSPS) is 13.5. The highest BCUT2D eigenvalue weighted by Crippen LogP contribution is 2.23. The number of nitrogens with one attached hydrogen (secondary N) is 2. The molecule has 7 nitrogen and oxygen atoms in total. The van der Waals surface area contributed by atoms with Crippen molar-refractivity contribution in [2.75, 3.05) is 23.3 Å². The standard InChI is InChI=1S/C24H21N5O2/c30-23(19-15-25-21-6-2-1-5-18(19)21)24(31)26-17-9-7-16(8-10-17)20-11-12-22(28-27-20)29-13-3-4-14-29/h1-2,5-12,15,25H,3-4,13-14H2,(H,26,31). The fourth-order valence-electron chi connectivity index (χ4n) is 3.89. The molecule has 0 spiro atoms. The highest BCUT2D eigenvalue weighted by molar-refractivity contribution is 6.48. The number of aromatic nitrogens is 3. The largest absolute Gasteiger partial charge is 0.360 e. The van der Waals surface area contributed by atoms with E-state index in [1.54, 1.807) is 18.3 Å². The Labute approximate surface area is 179 Å². The number of Topliss-reactive ketones (excluding diaryl/α,β-unsaturated/α-hetero) is 1. The molecule has 1 fully saturated rings. The molecule has 0 radical (unpaired) electrons. The minimum atomic E-state index is -0.674. The molecule has 2 aromatic carbocycles. The van der Waals surface area contributed by atoms with E-state index in [0.29, 0.717) is 11.3 Å². The van der Waals surface area contributed by atoms with Crippen LogP contribution in [-0.4, -0.2) is 40.0 Å². The number of H-pyrrole nitrogens is 1. The van der Waals surface area contributed by atoms with Gasteiger partial charge in [-0.25, -0.2) is 0 Å². The number of amides is 1. The molecular weight excluding hydrogens is 390 g/mol. The molecule has 2 aromatic heterocycles. The Morgan fingerprint density at radius 1 is 0.903 bits per heavy atom. The van der Waals surface area contributed by atoms with Crippen molar-refractivity contribution in [3.63, 3.8) is 0 Å². The summed E-state index contributed by atoms with van der Waals surface area (Å²) in [5.41, 5.74) is 3.37. The first-order chi connectivity index (χ1) is 15.2. The van der Waals surface area contributed by atoms with Crippen LogP contribution in [0.25, 0.3) is 22.2 Å². The van der Waals surface area contributed by atoms with Gasteiger partial charge in [0.05, 0.1) is 11.3 Å². The number of para-hydroxylation sites is 1. The average Bonchev–Trinajstić information content (AvgIpc) is 3.50. The topological polar surface area (TPSA) is 91.0 Å². The number of fused-ring (bicyclic) bond motifs is 1. The summed E-state index contributed by atoms with van der Waals surface area (Å²) in [5.74, 6) is -0.349. The van der Waals surface area contributed by atoms with Gasteiger partial charge in [0.25, 0.3) is 11.7 Å². The van der Waals surface area contributed by atoms with E-state index < -0.39 is 11.7 Å². The van der Waals surface area contributed by atoms with Crippen LogP contribution < -0.4 is 10.2 Å². The molecule has 1 saturated heterocycles. The summed E-state index contributed by atoms with van der Waals surface area (Å²) in [6.45, 7) is 2.05. The first-order valence-corrected chi connectivity index (χ1v) is 10.3. The molecular formula is C24H21N5O2. The van der Waals surface area contributed by atoms with Gasteiger partial charge in [-0.1, -0.05) is 30.3 Å². The van der Waals surface area contributed by atoms with Gasteiger partial charge < -0.3 is 15.2 Å². The zero-order valence-electron chi connectivity index (χ0n) is 16.8. The lowest BCUT2D eigenvalue weighted by Gasteiger charge is -2.15. The van der Waals surface area contributed by atoms with Crippen molar-refractivity contribution in [3.05, 3.63) is 72.4 Å². The number of carbonyl (C=O) groups excluding carboxylic acids is 2. The smallest absolute Gasteiger partial charge is 0.296 e. The van der Waals surface area contributed by atoms with Gasteiger partial charge in [-0.2, -0.15) is 0 Å². The van der Waals surface area contributed by atoms with Crippen molar-refractivity contribution < 1.29 is 9.59 Å². The van der Waals surface area contributed by atoms with Crippen LogP contribution in [-0.2, 0) is 4.79 Å². The Kier molecular flexibility index (Phi) is 4.92. The molecule has 2 N–H and O–H groups in total. The lowest BCUT2D eigenvalue weighted by Crippen LogP contribution is -2.22. The molecule has 0 bridgehead atoms. The van der Waals surface area contributed by atoms with Crippen LogP contribution >= 0.6 is 0 Å². The number of rotatable bonds is 5. The van der Waals surface area contributed by atoms with Gasteiger partial charge in [0, 0.05) is 41.4 Å². The minimum absolute atomic E-state index is 0.359. The van der Waals surface area contributed by atoms with Crippen molar-refractivity contribution in [1.82, 2.24) is 15.2 Å². The van der Waals surface area contributed by atoms with Crippen LogP contribution in [0.3, 0.4) is 0 Å². The van der Waals surface area contributed by atoms with Crippen LogP contribution in [0, 0.1) is 0 Å². The molecule has 1 amide bonds. The third-order valence-electron chi connectivity index (χ3n) is 5.56. The van der Waals surface area contributed by atoms with E-state index in [2.05, 4.69) is 25.4 Å². The molecule has 1 aliphatic heterocycles. The fourth-order valence-corrected chi connectivity index (χ4v) is 3.89. The predicted molar refractivity (Wildman–Crippen MR) is 120 cm³/mol. The molecule has 31 heavy (non-hydrogen) atoms. The van der Waals surface area contributed by atoms with E-state index in [4.69, 9.17) is 0 Å². The lowest BCUT2D eigenvalue weighted by atomic mass is 10.1. The number of hydrogen-bond donors (Lipinski definition) is 2. The van der Waals surface area contributed by atoms with Crippen molar-refractivity contribution in [2.45, 2.75) is 12.8 Å². The summed E-state index contributed by atoms with van der Waals surface area (Å²) in [5, 5.41) is 12.1. The molecule has 4 aromatic rings.